The average Bonchev–Trinajstić information content (AvgIpc) is 3.36. The van der Waals surface area contributed by atoms with E-state index >= 15 is 0 Å². The van der Waals surface area contributed by atoms with Crippen molar-refractivity contribution < 1.29 is 28.7 Å². The Hall–Kier alpha value is -4.93. The van der Waals surface area contributed by atoms with Crippen molar-refractivity contribution in [2.75, 3.05) is 7.11 Å². The molecule has 2 aromatic carbocycles. The maximum atomic E-state index is 13.9. The van der Waals surface area contributed by atoms with Crippen molar-refractivity contribution in [3.63, 3.8) is 0 Å². The van der Waals surface area contributed by atoms with E-state index in [9.17, 15) is 19.7 Å². The number of carbonyl (C=O) groups is 2. The average molecular weight is 603 g/mol. The van der Waals surface area contributed by atoms with Crippen molar-refractivity contribution in [2.45, 2.75) is 72.5 Å². The lowest BCUT2D eigenvalue weighted by Gasteiger charge is -2.33. The zero-order valence-corrected chi connectivity index (χ0v) is 26.5. The van der Waals surface area contributed by atoms with Crippen molar-refractivity contribution in [1.29, 1.82) is 0 Å². The molecule has 1 aliphatic rings. The quantitative estimate of drug-likeness (QED) is 0.186. The monoisotopic (exact) mass is 602 g/mol. The highest BCUT2D eigenvalue weighted by Crippen LogP contribution is 2.45. The minimum absolute atomic E-state index is 0.0834. The first-order chi connectivity index (χ1) is 20.5. The van der Waals surface area contributed by atoms with E-state index in [1.165, 1.54) is 19.2 Å². The number of carbonyl (C=O) groups excluding carboxylic acids is 2. The third-order valence-electron chi connectivity index (χ3n) is 6.72. The van der Waals surface area contributed by atoms with Gasteiger partial charge in [0.05, 0.1) is 40.5 Å². The van der Waals surface area contributed by atoms with Gasteiger partial charge in [0.2, 0.25) is 0 Å². The van der Waals surface area contributed by atoms with Gasteiger partial charge in [-0.15, -0.1) is 0 Å². The molecule has 4 rings (SSSR count). The van der Waals surface area contributed by atoms with Crippen LogP contribution in [0.3, 0.4) is 0 Å². The van der Waals surface area contributed by atoms with Gasteiger partial charge in [-0.25, -0.2) is 14.3 Å². The van der Waals surface area contributed by atoms with Crippen LogP contribution >= 0.6 is 0 Å². The molecule has 0 radical (unpaired) electrons. The van der Waals surface area contributed by atoms with Gasteiger partial charge in [0, 0.05) is 34.8 Å². The number of benzene rings is 2. The molecule has 3 aromatic rings. The summed E-state index contributed by atoms with van der Waals surface area (Å²) in [4.78, 5) is 39.2. The Bertz CT molecular complexity index is 1620. The van der Waals surface area contributed by atoms with E-state index < -0.39 is 34.0 Å². The van der Waals surface area contributed by atoms with Crippen LogP contribution in [0.5, 0.6) is 5.75 Å². The van der Waals surface area contributed by atoms with Gasteiger partial charge in [-0.2, -0.15) is 5.10 Å². The van der Waals surface area contributed by atoms with Crippen LogP contribution in [-0.2, 0) is 19.1 Å². The van der Waals surface area contributed by atoms with E-state index in [-0.39, 0.29) is 22.6 Å². The summed E-state index contributed by atoms with van der Waals surface area (Å²) in [5, 5.41) is 20.0. The van der Waals surface area contributed by atoms with Gasteiger partial charge in [-0.1, -0.05) is 18.2 Å². The number of methoxy groups -OCH3 is 1. The summed E-state index contributed by atoms with van der Waals surface area (Å²) in [6.07, 6.45) is 1.73. The molecule has 0 saturated heterocycles. The maximum Gasteiger partial charge on any atom is 0.337 e. The highest BCUT2D eigenvalue weighted by Gasteiger charge is 2.42. The lowest BCUT2D eigenvalue weighted by molar-refractivity contribution is -0.385. The number of rotatable bonds is 7. The number of nitrogens with one attached hydrogen (secondary N) is 1. The molecule has 0 unspecified atom stereocenters. The zero-order valence-electron chi connectivity index (χ0n) is 26.5. The van der Waals surface area contributed by atoms with Gasteiger partial charge in [-0.3, -0.25) is 10.1 Å². The first kappa shape index (κ1) is 32.0. The van der Waals surface area contributed by atoms with E-state index in [0.29, 0.717) is 33.9 Å². The number of ether oxygens (including phenoxy) is 3. The topological polar surface area (TPSA) is 135 Å². The second kappa shape index (κ2) is 12.0. The van der Waals surface area contributed by atoms with Crippen LogP contribution in [-0.4, -0.2) is 45.0 Å². The fourth-order valence-electron chi connectivity index (χ4n) is 5.03. The minimum atomic E-state index is -0.991. The van der Waals surface area contributed by atoms with Gasteiger partial charge in [0.15, 0.2) is 5.75 Å². The molecule has 0 fully saturated rings. The van der Waals surface area contributed by atoms with Gasteiger partial charge >= 0.3 is 17.6 Å². The fraction of sp³-hybridized carbons (Fsp3) is 0.364. The number of nitro benzene ring substituents is 1. The Morgan fingerprint density at radius 2 is 1.45 bits per heavy atom. The SMILES string of the molecule is COc1ccc(-c2nn(-c3ccccc3)cc2C2C(C(=O)OC(C)(C)C)=C(C)NC(C)=C2C(=O)OC(C)(C)C)cc1[N+](=O)[O-]. The molecule has 11 nitrogen and oxygen atoms in total. The summed E-state index contributed by atoms with van der Waals surface area (Å²) in [6.45, 7) is 14.0. The molecule has 0 saturated carbocycles. The molecule has 0 bridgehead atoms. The Balaban J connectivity index is 2.06. The largest absolute Gasteiger partial charge is 0.490 e. The molecule has 11 heteroatoms. The lowest BCUT2D eigenvalue weighted by Crippen LogP contribution is -2.36. The van der Waals surface area contributed by atoms with Crippen molar-refractivity contribution in [3.8, 4) is 22.7 Å². The predicted molar refractivity (Wildman–Crippen MR) is 165 cm³/mol. The van der Waals surface area contributed by atoms with Crippen molar-refractivity contribution in [3.05, 3.63) is 92.9 Å². The summed E-state index contributed by atoms with van der Waals surface area (Å²) in [5.74, 6) is -2.16. The molecule has 232 valence electrons. The van der Waals surface area contributed by atoms with Crippen LogP contribution in [0.15, 0.2) is 77.3 Å². The smallest absolute Gasteiger partial charge is 0.337 e. The normalized spacial score (nSPS) is 14.3. The summed E-state index contributed by atoms with van der Waals surface area (Å²) in [5.41, 5.74) is 1.35. The van der Waals surface area contributed by atoms with E-state index in [1.807, 2.05) is 30.3 Å². The van der Waals surface area contributed by atoms with E-state index in [0.717, 1.165) is 0 Å². The fourth-order valence-corrected chi connectivity index (χ4v) is 5.03. The Morgan fingerprint density at radius 1 is 0.909 bits per heavy atom. The summed E-state index contributed by atoms with van der Waals surface area (Å²) >= 11 is 0. The first-order valence-corrected chi connectivity index (χ1v) is 14.1. The molecule has 0 aliphatic carbocycles. The van der Waals surface area contributed by atoms with Crippen LogP contribution in [0.2, 0.25) is 0 Å². The third kappa shape index (κ3) is 6.82. The van der Waals surface area contributed by atoms with Crippen LogP contribution in [0.25, 0.3) is 16.9 Å². The molecule has 1 aliphatic heterocycles. The molecule has 44 heavy (non-hydrogen) atoms. The number of hydrogen-bond donors (Lipinski definition) is 1. The molecule has 0 atom stereocenters. The molecular weight excluding hydrogens is 564 g/mol. The first-order valence-electron chi connectivity index (χ1n) is 14.1. The number of hydrogen-bond acceptors (Lipinski definition) is 9. The Morgan fingerprint density at radius 3 is 1.93 bits per heavy atom. The molecule has 1 N–H and O–H groups in total. The number of aromatic nitrogens is 2. The minimum Gasteiger partial charge on any atom is -0.490 e. The number of nitro groups is 1. The van der Waals surface area contributed by atoms with Gasteiger partial charge in [-0.05, 0) is 79.7 Å². The number of dihydropyridines is 1. The molecule has 0 amide bonds. The Kier molecular flexibility index (Phi) is 8.71. The van der Waals surface area contributed by atoms with Gasteiger partial charge in [0.25, 0.3) is 0 Å². The number of nitrogens with zero attached hydrogens (tertiary/aromatic N) is 3. The number of para-hydroxylation sites is 1. The van der Waals surface area contributed by atoms with Crippen molar-refractivity contribution >= 4 is 17.6 Å². The highest BCUT2D eigenvalue weighted by molar-refractivity contribution is 6.00. The zero-order chi connectivity index (χ0) is 32.6. The van der Waals surface area contributed by atoms with Crippen LogP contribution in [0.1, 0.15) is 66.9 Å². The summed E-state index contributed by atoms with van der Waals surface area (Å²) in [7, 11) is 1.36. The second-order valence-corrected chi connectivity index (χ2v) is 12.5. The lowest BCUT2D eigenvalue weighted by atomic mass is 9.79. The van der Waals surface area contributed by atoms with Crippen LogP contribution < -0.4 is 10.1 Å². The van der Waals surface area contributed by atoms with Crippen LogP contribution in [0.4, 0.5) is 5.69 Å². The molecular formula is C33H38N4O7. The van der Waals surface area contributed by atoms with Crippen molar-refractivity contribution in [1.82, 2.24) is 15.1 Å². The number of allylic oxidation sites excluding steroid dienone is 2. The predicted octanol–water partition coefficient (Wildman–Crippen LogP) is 6.37. The van der Waals surface area contributed by atoms with E-state index in [4.69, 9.17) is 19.3 Å². The van der Waals surface area contributed by atoms with Crippen LogP contribution in [0, 0.1) is 10.1 Å². The highest BCUT2D eigenvalue weighted by atomic mass is 16.6. The van der Waals surface area contributed by atoms with Gasteiger partial charge in [0.1, 0.15) is 11.2 Å². The molecule has 2 heterocycles. The standard InChI is InChI=1S/C33H38N4O7/c1-19-26(30(38)43-32(3,4)5)28(27(20(2)34-19)31(39)44-33(6,7)8)23-18-36(22-13-11-10-12-14-22)35-29(23)21-15-16-25(42-9)24(17-21)37(40)41/h10-18,28,34H,1-9H3. The third-order valence-corrected chi connectivity index (χ3v) is 6.72. The van der Waals surface area contributed by atoms with E-state index in [1.54, 1.807) is 72.3 Å². The van der Waals surface area contributed by atoms with Gasteiger partial charge < -0.3 is 19.5 Å². The Labute approximate surface area is 256 Å². The molecule has 0 spiro atoms. The molecule has 1 aromatic heterocycles. The van der Waals surface area contributed by atoms with Crippen molar-refractivity contribution in [2.24, 2.45) is 0 Å². The maximum absolute atomic E-state index is 13.9. The summed E-state index contributed by atoms with van der Waals surface area (Å²) in [6, 6.07) is 13.8. The number of esters is 2. The van der Waals surface area contributed by atoms with E-state index in [2.05, 4.69) is 5.32 Å². The summed E-state index contributed by atoms with van der Waals surface area (Å²) < 4.78 is 18.5. The second-order valence-electron chi connectivity index (χ2n) is 12.5.